The van der Waals surface area contributed by atoms with Crippen molar-refractivity contribution in [1.29, 1.82) is 0 Å². The monoisotopic (exact) mass is 187 g/mol. The number of nitrogens with zero attached hydrogens (tertiary/aromatic N) is 1. The van der Waals surface area contributed by atoms with Crippen LogP contribution in [0.25, 0.3) is 5.41 Å². The molecule has 2 N–H and O–H groups in total. The minimum atomic E-state index is -0.472. The van der Waals surface area contributed by atoms with Crippen LogP contribution in [0.5, 0.6) is 0 Å². The molecule has 0 heterocycles. The van der Waals surface area contributed by atoms with Crippen molar-refractivity contribution in [3.8, 4) is 0 Å². The number of nitrogens with two attached hydrogens (primary N) is 1. The topological polar surface area (TPSA) is 91.7 Å². The Morgan fingerprint density at radius 1 is 1.62 bits per heavy atom. The van der Waals surface area contributed by atoms with Crippen molar-refractivity contribution >= 4 is 12.0 Å². The Balaban J connectivity index is 0. The largest absolute Gasteiger partial charge is 0.724 e. The van der Waals surface area contributed by atoms with E-state index in [1.165, 1.54) is 0 Å². The molecule has 0 spiro atoms. The van der Waals surface area contributed by atoms with Crippen LogP contribution in [0.15, 0.2) is 0 Å². The molecule has 0 amide bonds. The van der Waals surface area contributed by atoms with Crippen molar-refractivity contribution in [2.45, 2.75) is 26.8 Å². The number of esters is 1. The van der Waals surface area contributed by atoms with E-state index in [1.807, 2.05) is 13.8 Å². The molecular weight excluding hydrogens is 172 g/mol. The number of rotatable bonds is 3. The van der Waals surface area contributed by atoms with Crippen molar-refractivity contribution in [3.63, 3.8) is 0 Å². The van der Waals surface area contributed by atoms with Gasteiger partial charge in [-0.2, -0.15) is 0 Å². The maximum atomic E-state index is 10.8. The zero-order chi connectivity index (χ0) is 10.9. The maximum Gasteiger partial charge on any atom is 0.323 e. The van der Waals surface area contributed by atoms with Gasteiger partial charge in [-0.05, 0) is 18.9 Å². The molecule has 0 aromatic heterocycles. The van der Waals surface area contributed by atoms with Crippen LogP contribution in [-0.2, 0) is 14.3 Å². The van der Waals surface area contributed by atoms with Crippen molar-refractivity contribution < 1.29 is 14.3 Å². The number of hydrogen-bond acceptors (Lipinski definition) is 4. The van der Waals surface area contributed by atoms with Crippen LogP contribution in [-0.4, -0.2) is 24.7 Å². The Hall–Kier alpha value is -1.19. The normalized spacial score (nSPS) is 10.8. The van der Waals surface area contributed by atoms with Gasteiger partial charge in [-0.1, -0.05) is 13.8 Å². The Morgan fingerprint density at radius 2 is 2.00 bits per heavy atom. The van der Waals surface area contributed by atoms with Crippen molar-refractivity contribution in [1.82, 2.24) is 0 Å². The summed E-state index contributed by atoms with van der Waals surface area (Å²) >= 11 is 0. The van der Waals surface area contributed by atoms with E-state index < -0.39 is 6.04 Å². The van der Waals surface area contributed by atoms with Crippen molar-refractivity contribution in [3.05, 3.63) is 5.41 Å². The van der Waals surface area contributed by atoms with E-state index in [4.69, 9.17) is 20.7 Å². The summed E-state index contributed by atoms with van der Waals surface area (Å²) in [7, 11) is 0. The molecule has 0 aromatic rings. The number of carbonyl (C=O) groups excluding carboxylic acids is 2. The zero-order valence-electron chi connectivity index (χ0n) is 8.11. The number of ether oxygens (including phenoxy) is 1. The average Bonchev–Trinajstić information content (AvgIpc) is 2.04. The summed E-state index contributed by atoms with van der Waals surface area (Å²) < 4.78 is 4.70. The molecule has 0 unspecified atom stereocenters. The second-order valence-electron chi connectivity index (χ2n) is 2.61. The molecule has 0 rings (SSSR count). The molecule has 0 saturated carbocycles. The highest BCUT2D eigenvalue weighted by Crippen LogP contribution is 1.99. The first-order valence-electron chi connectivity index (χ1n) is 3.94. The van der Waals surface area contributed by atoms with E-state index in [9.17, 15) is 4.79 Å². The highest BCUT2D eigenvalue weighted by Gasteiger charge is 2.17. The molecule has 0 fully saturated rings. The summed E-state index contributed by atoms with van der Waals surface area (Å²) in [6, 6.07) is -0.472. The highest BCUT2D eigenvalue weighted by atomic mass is 16.5. The molecule has 76 valence electrons. The summed E-state index contributed by atoms with van der Waals surface area (Å²) in [5.41, 5.74) is 5.47. The van der Waals surface area contributed by atoms with Gasteiger partial charge in [0.2, 0.25) is 0 Å². The molecule has 0 aliphatic carbocycles. The lowest BCUT2D eigenvalue weighted by atomic mass is 10.1. The first kappa shape index (κ1) is 14.3. The number of hydrogen-bond donors (Lipinski definition) is 1. The van der Waals surface area contributed by atoms with Crippen molar-refractivity contribution in [2.24, 2.45) is 11.7 Å². The summed E-state index contributed by atoms with van der Waals surface area (Å²) in [4.78, 5) is 19.1. The first-order valence-corrected chi connectivity index (χ1v) is 3.94. The van der Waals surface area contributed by atoms with Gasteiger partial charge in [0.15, 0.2) is 0 Å². The van der Waals surface area contributed by atoms with Gasteiger partial charge in [0.1, 0.15) is 6.04 Å². The third-order valence-corrected chi connectivity index (χ3v) is 1.28. The van der Waals surface area contributed by atoms with E-state index in [1.54, 1.807) is 6.92 Å². The van der Waals surface area contributed by atoms with Crippen LogP contribution >= 0.6 is 0 Å². The molecule has 0 saturated heterocycles. The SMILES string of the molecule is CCOC(=O)[C@@H](N)C(C)C.[N-]=C=O. The summed E-state index contributed by atoms with van der Waals surface area (Å²) in [6.45, 7) is 5.95. The van der Waals surface area contributed by atoms with Gasteiger partial charge in [0.05, 0.1) is 6.61 Å². The molecule has 0 aliphatic rings. The van der Waals surface area contributed by atoms with Crippen molar-refractivity contribution in [2.75, 3.05) is 6.61 Å². The third kappa shape index (κ3) is 8.72. The predicted molar refractivity (Wildman–Crippen MR) is 48.5 cm³/mol. The van der Waals surface area contributed by atoms with Crippen LogP contribution in [0.3, 0.4) is 0 Å². The highest BCUT2D eigenvalue weighted by molar-refractivity contribution is 5.75. The summed E-state index contributed by atoms with van der Waals surface area (Å²) in [6.07, 6.45) is 0.500. The van der Waals surface area contributed by atoms with E-state index in [0.717, 1.165) is 0 Å². The van der Waals surface area contributed by atoms with E-state index in [2.05, 4.69) is 0 Å². The van der Waals surface area contributed by atoms with Crippen LogP contribution in [0.2, 0.25) is 0 Å². The van der Waals surface area contributed by atoms with Crippen LogP contribution < -0.4 is 5.73 Å². The molecular formula is C8H15N2O3-. The maximum absolute atomic E-state index is 10.8. The van der Waals surface area contributed by atoms with Gasteiger partial charge >= 0.3 is 5.97 Å². The average molecular weight is 187 g/mol. The van der Waals surface area contributed by atoms with Crippen LogP contribution in [0, 0.1) is 5.92 Å². The van der Waals surface area contributed by atoms with Gasteiger partial charge in [0.25, 0.3) is 0 Å². The Bertz CT molecular complexity index is 174. The predicted octanol–water partition coefficient (Wildman–Crippen LogP) is 0.424. The lowest BCUT2D eigenvalue weighted by Gasteiger charge is -2.12. The Labute approximate surface area is 77.8 Å². The smallest absolute Gasteiger partial charge is 0.323 e. The first-order chi connectivity index (χ1) is 6.01. The second-order valence-corrected chi connectivity index (χ2v) is 2.61. The molecule has 0 radical (unpaired) electrons. The van der Waals surface area contributed by atoms with Crippen LogP contribution in [0.4, 0.5) is 0 Å². The van der Waals surface area contributed by atoms with Gasteiger partial charge < -0.3 is 15.9 Å². The minimum absolute atomic E-state index is 0.152. The fraction of sp³-hybridized carbons (Fsp3) is 0.750. The molecule has 0 bridgehead atoms. The third-order valence-electron chi connectivity index (χ3n) is 1.28. The molecule has 1 atom stereocenters. The molecule has 0 aliphatic heterocycles. The summed E-state index contributed by atoms with van der Waals surface area (Å²) in [5.74, 6) is -0.156. The summed E-state index contributed by atoms with van der Waals surface area (Å²) in [5, 5.41) is 6.76. The quantitative estimate of drug-likeness (QED) is 0.394. The Morgan fingerprint density at radius 3 is 2.23 bits per heavy atom. The molecule has 5 nitrogen and oxygen atoms in total. The van der Waals surface area contributed by atoms with Crippen LogP contribution in [0.1, 0.15) is 20.8 Å². The number of carbonyl (C=O) groups is 1. The molecule has 0 aromatic carbocycles. The van der Waals surface area contributed by atoms with Gasteiger partial charge in [-0.3, -0.25) is 9.59 Å². The van der Waals surface area contributed by atoms with E-state index >= 15 is 0 Å². The second kappa shape index (κ2) is 8.90. The minimum Gasteiger partial charge on any atom is -0.724 e. The van der Waals surface area contributed by atoms with Gasteiger partial charge in [-0.15, -0.1) is 0 Å². The number of isocyanates is 1. The zero-order valence-corrected chi connectivity index (χ0v) is 8.11. The molecule has 13 heavy (non-hydrogen) atoms. The van der Waals surface area contributed by atoms with E-state index in [0.29, 0.717) is 12.7 Å². The lowest BCUT2D eigenvalue weighted by molar-refractivity contribution is -0.145. The lowest BCUT2D eigenvalue weighted by Crippen LogP contribution is -2.36. The molecule has 5 heteroatoms. The fourth-order valence-corrected chi connectivity index (χ4v) is 0.511. The van der Waals surface area contributed by atoms with Gasteiger partial charge in [-0.25, -0.2) is 0 Å². The van der Waals surface area contributed by atoms with Gasteiger partial charge in [0, 0.05) is 0 Å². The fourth-order valence-electron chi connectivity index (χ4n) is 0.511. The standard InChI is InChI=1S/C7H15NO2.CNO/c1-4-10-7(9)6(8)5(2)3;2-1-3/h5-6H,4,8H2,1-3H3;/q;-1/t6-;/m0./s1. The Kier molecular flexibility index (Phi) is 9.82. The van der Waals surface area contributed by atoms with E-state index in [-0.39, 0.29) is 11.9 Å².